The lowest BCUT2D eigenvalue weighted by molar-refractivity contribution is 0.0963. The Morgan fingerprint density at radius 2 is 1.91 bits per heavy atom. The first-order valence-electron chi connectivity index (χ1n) is 11.4. The molecule has 2 aromatic carbocycles. The van der Waals surface area contributed by atoms with Crippen LogP contribution in [0.4, 0.5) is 0 Å². The number of rotatable bonds is 5. The van der Waals surface area contributed by atoms with E-state index in [4.69, 9.17) is 5.73 Å². The minimum atomic E-state index is -0.0495. The number of fused-ring (bicyclic) bond motifs is 10. The third kappa shape index (κ3) is 2.44. The van der Waals surface area contributed by atoms with Gasteiger partial charge in [-0.05, 0) is 31.0 Å². The molecule has 1 aliphatic carbocycles. The van der Waals surface area contributed by atoms with Crippen molar-refractivity contribution in [2.24, 2.45) is 12.8 Å². The number of benzene rings is 2. The first-order valence-corrected chi connectivity index (χ1v) is 11.4. The van der Waals surface area contributed by atoms with Crippen molar-refractivity contribution in [1.82, 2.24) is 14.5 Å². The third-order valence-corrected chi connectivity index (χ3v) is 7.07. The first kappa shape index (κ1) is 19.3. The second-order valence-electron chi connectivity index (χ2n) is 8.85. The predicted octanol–water partition coefficient (Wildman–Crippen LogP) is 4.26. The van der Waals surface area contributed by atoms with Crippen LogP contribution in [0, 0.1) is 0 Å². The van der Waals surface area contributed by atoms with E-state index in [1.807, 2.05) is 23.8 Å². The van der Waals surface area contributed by atoms with Crippen LogP contribution in [0.15, 0.2) is 30.3 Å². The molecule has 6 rings (SSSR count). The second kappa shape index (κ2) is 7.07. The quantitative estimate of drug-likeness (QED) is 0.468. The Kier molecular flexibility index (Phi) is 4.27. The number of hydrogen-bond donors (Lipinski definition) is 2. The molecule has 0 fully saturated rings. The highest BCUT2D eigenvalue weighted by Crippen LogP contribution is 2.45. The molecule has 3 heterocycles. The van der Waals surface area contributed by atoms with Crippen LogP contribution in [0.3, 0.4) is 0 Å². The van der Waals surface area contributed by atoms with Gasteiger partial charge >= 0.3 is 0 Å². The topological polar surface area (TPSA) is 82.0 Å². The van der Waals surface area contributed by atoms with Crippen LogP contribution in [-0.4, -0.2) is 27.4 Å². The number of carbonyl (C=O) groups excluding carboxylic acids is 2. The molecule has 3 N–H and O–H groups in total. The lowest BCUT2D eigenvalue weighted by atomic mass is 9.94. The Bertz CT molecular complexity index is 1490. The summed E-state index contributed by atoms with van der Waals surface area (Å²) in [5, 5.41) is 6.26. The molecule has 0 bridgehead atoms. The minimum Gasteiger partial charge on any atom is -0.348 e. The Morgan fingerprint density at radius 1 is 1.06 bits per heavy atom. The summed E-state index contributed by atoms with van der Waals surface area (Å²) < 4.78 is 4.42. The summed E-state index contributed by atoms with van der Waals surface area (Å²) in [6.45, 7) is 2.10. The molecule has 0 spiro atoms. The standard InChI is InChI=1S/C26H26N4O2/c1-29-23-16(9-7-11-19(23)31)21-22-17(14-28-26(22)32)20-15-8-3-4-10-18(15)30(25(20)24(21)29)13-6-2-5-12-27/h3-4,7-10H,2,5-6,11-14,27H2,1H3,(H,28,32). The van der Waals surface area contributed by atoms with E-state index in [0.29, 0.717) is 25.2 Å². The average molecular weight is 427 g/mol. The molecule has 1 aliphatic heterocycles. The molecular weight excluding hydrogens is 400 g/mol. The van der Waals surface area contributed by atoms with Gasteiger partial charge in [-0.3, -0.25) is 9.59 Å². The molecule has 2 aromatic heterocycles. The van der Waals surface area contributed by atoms with Crippen molar-refractivity contribution in [2.75, 3.05) is 6.54 Å². The molecular formula is C26H26N4O2. The van der Waals surface area contributed by atoms with Gasteiger partial charge < -0.3 is 20.2 Å². The van der Waals surface area contributed by atoms with Gasteiger partial charge in [-0.2, -0.15) is 0 Å². The molecule has 0 saturated carbocycles. The number of unbranched alkanes of at least 4 members (excludes halogenated alkanes) is 2. The Hall–Kier alpha value is -3.38. The molecule has 0 atom stereocenters. The number of nitrogens with one attached hydrogen (secondary N) is 1. The van der Waals surface area contributed by atoms with E-state index < -0.39 is 0 Å². The van der Waals surface area contributed by atoms with Crippen molar-refractivity contribution < 1.29 is 9.59 Å². The lowest BCUT2D eigenvalue weighted by Crippen LogP contribution is -2.12. The summed E-state index contributed by atoms with van der Waals surface area (Å²) in [7, 11) is 1.97. The van der Waals surface area contributed by atoms with Crippen molar-refractivity contribution in [3.05, 3.63) is 52.7 Å². The van der Waals surface area contributed by atoms with Crippen LogP contribution in [0.25, 0.3) is 38.8 Å². The number of amides is 1. The molecule has 32 heavy (non-hydrogen) atoms. The minimum absolute atomic E-state index is 0.0495. The highest BCUT2D eigenvalue weighted by Gasteiger charge is 2.34. The highest BCUT2D eigenvalue weighted by atomic mass is 16.2. The van der Waals surface area contributed by atoms with E-state index >= 15 is 0 Å². The summed E-state index contributed by atoms with van der Waals surface area (Å²) in [4.78, 5) is 25.9. The van der Waals surface area contributed by atoms with Gasteiger partial charge in [0.25, 0.3) is 5.91 Å². The Balaban J connectivity index is 1.80. The smallest absolute Gasteiger partial charge is 0.252 e. The van der Waals surface area contributed by atoms with Crippen molar-refractivity contribution in [3.63, 3.8) is 0 Å². The number of ketones is 1. The summed E-state index contributed by atoms with van der Waals surface area (Å²) in [5.74, 6) is 0.0543. The number of nitrogens with zero attached hydrogens (tertiary/aromatic N) is 2. The van der Waals surface area contributed by atoms with Crippen LogP contribution in [0.2, 0.25) is 0 Å². The Labute approximate surface area is 185 Å². The molecule has 162 valence electrons. The largest absolute Gasteiger partial charge is 0.348 e. The predicted molar refractivity (Wildman–Crippen MR) is 128 cm³/mol. The van der Waals surface area contributed by atoms with E-state index in [9.17, 15) is 9.59 Å². The summed E-state index contributed by atoms with van der Waals surface area (Å²) in [6, 6.07) is 8.44. The van der Waals surface area contributed by atoms with Crippen molar-refractivity contribution in [3.8, 4) is 0 Å². The number of Topliss-reactive ketones (excluding diaryl/α,β-unsaturated/α-hetero) is 1. The van der Waals surface area contributed by atoms with Crippen molar-refractivity contribution in [2.45, 2.75) is 38.8 Å². The van der Waals surface area contributed by atoms with Gasteiger partial charge in [0.2, 0.25) is 0 Å². The van der Waals surface area contributed by atoms with Crippen LogP contribution < -0.4 is 11.1 Å². The number of aromatic nitrogens is 2. The Morgan fingerprint density at radius 3 is 2.75 bits per heavy atom. The number of hydrogen-bond acceptors (Lipinski definition) is 3. The van der Waals surface area contributed by atoms with Crippen molar-refractivity contribution >= 4 is 50.5 Å². The molecule has 4 aromatic rings. The zero-order valence-electron chi connectivity index (χ0n) is 18.2. The fraction of sp³-hybridized carbons (Fsp3) is 0.308. The number of allylic oxidation sites excluding steroid dienone is 1. The number of carbonyl (C=O) groups is 2. The van der Waals surface area contributed by atoms with Gasteiger partial charge in [0.05, 0.1) is 22.3 Å². The summed E-state index contributed by atoms with van der Waals surface area (Å²) in [5.41, 5.74) is 12.4. The van der Waals surface area contributed by atoms with E-state index in [-0.39, 0.29) is 11.7 Å². The van der Waals surface area contributed by atoms with Crippen molar-refractivity contribution in [1.29, 1.82) is 0 Å². The second-order valence-corrected chi connectivity index (χ2v) is 8.85. The molecule has 2 aliphatic rings. The summed E-state index contributed by atoms with van der Waals surface area (Å²) in [6.07, 6.45) is 7.45. The van der Waals surface area contributed by atoms with Crippen LogP contribution in [-0.2, 0) is 20.1 Å². The number of nitrogens with two attached hydrogens (primary N) is 1. The molecule has 0 radical (unpaired) electrons. The maximum atomic E-state index is 13.0. The summed E-state index contributed by atoms with van der Waals surface area (Å²) >= 11 is 0. The van der Waals surface area contributed by atoms with Gasteiger partial charge in [0.15, 0.2) is 5.78 Å². The monoisotopic (exact) mass is 426 g/mol. The fourth-order valence-corrected chi connectivity index (χ4v) is 5.76. The van der Waals surface area contributed by atoms with E-state index in [0.717, 1.165) is 69.7 Å². The first-order chi connectivity index (χ1) is 15.6. The molecule has 0 saturated heterocycles. The maximum absolute atomic E-state index is 13.0. The SMILES string of the molecule is Cn1c2c(c3c4c(c5c6ccccc6n(CCCCCN)c5c31)CNC4=O)C=CCC2=O. The van der Waals surface area contributed by atoms with Gasteiger partial charge in [-0.25, -0.2) is 0 Å². The van der Waals surface area contributed by atoms with E-state index in [1.54, 1.807) is 0 Å². The molecule has 6 heteroatoms. The van der Waals surface area contributed by atoms with Gasteiger partial charge in [-0.1, -0.05) is 36.8 Å². The average Bonchev–Trinajstić information content (AvgIpc) is 3.43. The number of para-hydroxylation sites is 1. The highest BCUT2D eigenvalue weighted by molar-refractivity contribution is 6.28. The molecule has 6 nitrogen and oxygen atoms in total. The van der Waals surface area contributed by atoms with Gasteiger partial charge in [0.1, 0.15) is 0 Å². The van der Waals surface area contributed by atoms with Crippen LogP contribution >= 0.6 is 0 Å². The zero-order chi connectivity index (χ0) is 22.0. The molecule has 1 amide bonds. The lowest BCUT2D eigenvalue weighted by Gasteiger charge is -2.11. The van der Waals surface area contributed by atoms with Crippen LogP contribution in [0.5, 0.6) is 0 Å². The van der Waals surface area contributed by atoms with E-state index in [1.165, 1.54) is 5.52 Å². The third-order valence-electron chi connectivity index (χ3n) is 7.07. The number of aryl methyl sites for hydroxylation is 2. The van der Waals surface area contributed by atoms with E-state index in [2.05, 4.69) is 34.1 Å². The molecule has 0 unspecified atom stereocenters. The van der Waals surface area contributed by atoms with Crippen LogP contribution in [0.1, 0.15) is 57.7 Å². The van der Waals surface area contributed by atoms with Gasteiger partial charge in [-0.15, -0.1) is 0 Å². The fourth-order valence-electron chi connectivity index (χ4n) is 5.76. The van der Waals surface area contributed by atoms with Gasteiger partial charge in [0, 0.05) is 53.8 Å². The maximum Gasteiger partial charge on any atom is 0.252 e. The normalized spacial score (nSPS) is 15.2. The zero-order valence-corrected chi connectivity index (χ0v) is 18.2.